The molecule has 26 heavy (non-hydrogen) atoms. The molecule has 0 atom stereocenters. The molecule has 3 N–H and O–H groups in total. The van der Waals surface area contributed by atoms with Crippen LogP contribution in [-0.2, 0) is 6.54 Å². The maximum Gasteiger partial charge on any atom is 0.193 e. The van der Waals surface area contributed by atoms with Crippen molar-refractivity contribution >= 4 is 58.8 Å². The van der Waals surface area contributed by atoms with Gasteiger partial charge in [-0.25, -0.2) is 4.99 Å². The van der Waals surface area contributed by atoms with Crippen LogP contribution in [-0.4, -0.2) is 26.3 Å². The Morgan fingerprint density at radius 2 is 1.96 bits per heavy atom. The second-order valence-electron chi connectivity index (χ2n) is 5.28. The van der Waals surface area contributed by atoms with Crippen LogP contribution in [0, 0.1) is 0 Å². The van der Waals surface area contributed by atoms with Gasteiger partial charge in [0.2, 0.25) is 0 Å². The van der Waals surface area contributed by atoms with E-state index in [-0.39, 0.29) is 29.9 Å². The molecule has 0 aliphatic carbocycles. The maximum absolute atomic E-state index is 6.21. The molecule has 1 heterocycles. The van der Waals surface area contributed by atoms with Crippen LogP contribution in [0.15, 0.2) is 35.3 Å². The van der Waals surface area contributed by atoms with Gasteiger partial charge < -0.3 is 25.3 Å². The van der Waals surface area contributed by atoms with Crippen LogP contribution < -0.4 is 25.3 Å². The largest absolute Gasteiger partial charge is 0.495 e. The third-order valence-corrected chi connectivity index (χ3v) is 4.09. The Hall–Kier alpha value is -1.58. The average molecular weight is 510 g/mol. The molecule has 0 saturated carbocycles. The van der Waals surface area contributed by atoms with Crippen molar-refractivity contribution in [1.29, 1.82) is 0 Å². The molecule has 0 bridgehead atoms. The molecule has 0 aromatic heterocycles. The van der Waals surface area contributed by atoms with Gasteiger partial charge in [0, 0.05) is 5.69 Å². The van der Waals surface area contributed by atoms with Crippen molar-refractivity contribution in [3.05, 3.63) is 45.9 Å². The molecule has 0 amide bonds. The van der Waals surface area contributed by atoms with E-state index in [4.69, 9.17) is 43.1 Å². The van der Waals surface area contributed by atoms with Crippen LogP contribution >= 0.6 is 47.2 Å². The Kier molecular flexibility index (Phi) is 7.48. The summed E-state index contributed by atoms with van der Waals surface area (Å²) in [4.78, 5) is 4.31. The molecule has 2 aromatic rings. The first-order chi connectivity index (χ1) is 12.1. The number of hydrogen-bond acceptors (Lipinski definition) is 4. The number of nitrogens with two attached hydrogens (primary N) is 1. The fourth-order valence-corrected chi connectivity index (χ4v) is 2.91. The zero-order chi connectivity index (χ0) is 17.8. The number of guanidine groups is 1. The van der Waals surface area contributed by atoms with Crippen molar-refractivity contribution in [2.24, 2.45) is 10.7 Å². The lowest BCUT2D eigenvalue weighted by molar-refractivity contribution is 0.171. The number of benzene rings is 2. The number of fused-ring (bicyclic) bond motifs is 1. The van der Waals surface area contributed by atoms with E-state index in [9.17, 15) is 0 Å². The Morgan fingerprint density at radius 1 is 1.19 bits per heavy atom. The fourth-order valence-electron chi connectivity index (χ4n) is 2.36. The molecule has 2 aromatic carbocycles. The van der Waals surface area contributed by atoms with Gasteiger partial charge in [0.05, 0.1) is 23.7 Å². The second kappa shape index (κ2) is 9.38. The van der Waals surface area contributed by atoms with Gasteiger partial charge >= 0.3 is 0 Å². The van der Waals surface area contributed by atoms with E-state index in [1.807, 2.05) is 6.07 Å². The van der Waals surface area contributed by atoms with Crippen molar-refractivity contribution < 1.29 is 14.2 Å². The van der Waals surface area contributed by atoms with E-state index >= 15 is 0 Å². The second-order valence-corrected chi connectivity index (χ2v) is 6.09. The van der Waals surface area contributed by atoms with Crippen molar-refractivity contribution in [3.63, 3.8) is 0 Å². The minimum absolute atomic E-state index is 0. The van der Waals surface area contributed by atoms with E-state index in [0.29, 0.717) is 52.7 Å². The zero-order valence-corrected chi connectivity index (χ0v) is 17.8. The summed E-state index contributed by atoms with van der Waals surface area (Å²) < 4.78 is 16.2. The molecular formula is C17H18Cl2IN3O3. The minimum Gasteiger partial charge on any atom is -0.495 e. The molecule has 0 fully saturated rings. The van der Waals surface area contributed by atoms with Gasteiger partial charge in [-0.1, -0.05) is 23.2 Å². The van der Waals surface area contributed by atoms with Gasteiger partial charge in [-0.15, -0.1) is 24.0 Å². The number of methoxy groups -OCH3 is 1. The normalized spacial score (nSPS) is 13.0. The Bertz CT molecular complexity index is 818. The average Bonchev–Trinajstić information content (AvgIpc) is 2.60. The lowest BCUT2D eigenvalue weighted by Gasteiger charge is -2.20. The van der Waals surface area contributed by atoms with Crippen molar-refractivity contribution in [3.8, 4) is 17.2 Å². The Balaban J connectivity index is 0.00000243. The third kappa shape index (κ3) is 4.99. The van der Waals surface area contributed by atoms with Gasteiger partial charge in [0.15, 0.2) is 17.5 Å². The molecule has 6 nitrogen and oxygen atoms in total. The number of nitrogens with one attached hydrogen (secondary N) is 1. The summed E-state index contributed by atoms with van der Waals surface area (Å²) in [5.74, 6) is 2.04. The first-order valence-electron chi connectivity index (χ1n) is 7.55. The number of ether oxygens (including phenoxy) is 3. The Labute approximate surface area is 178 Å². The standard InChI is InChI=1S/C17H17Cl2N3O3.HI/c1-23-14-3-2-11(8-12(14)18)22-17(20)21-9-10-6-13(19)16-15(7-10)24-4-5-25-16;/h2-3,6-8H,4-5,9H2,1H3,(H3,20,21,22);1H. The lowest BCUT2D eigenvalue weighted by Crippen LogP contribution is -2.22. The van der Waals surface area contributed by atoms with Crippen LogP contribution in [0.3, 0.4) is 0 Å². The van der Waals surface area contributed by atoms with Gasteiger partial charge in [-0.05, 0) is 35.9 Å². The highest BCUT2D eigenvalue weighted by Gasteiger charge is 2.16. The molecule has 3 rings (SSSR count). The summed E-state index contributed by atoms with van der Waals surface area (Å²) in [5.41, 5.74) is 7.51. The summed E-state index contributed by atoms with van der Waals surface area (Å²) in [7, 11) is 1.56. The number of rotatable bonds is 4. The summed E-state index contributed by atoms with van der Waals surface area (Å²) in [6, 6.07) is 8.90. The SMILES string of the molecule is COc1ccc(NC(N)=NCc2cc(Cl)c3c(c2)OCCO3)cc1Cl.I. The molecule has 0 saturated heterocycles. The number of anilines is 1. The van der Waals surface area contributed by atoms with E-state index in [1.165, 1.54) is 0 Å². The first kappa shape index (κ1) is 20.7. The quantitative estimate of drug-likeness (QED) is 0.364. The third-order valence-electron chi connectivity index (χ3n) is 3.51. The highest BCUT2D eigenvalue weighted by atomic mass is 127. The monoisotopic (exact) mass is 509 g/mol. The van der Waals surface area contributed by atoms with Gasteiger partial charge in [0.1, 0.15) is 19.0 Å². The molecule has 140 valence electrons. The molecular weight excluding hydrogens is 492 g/mol. The highest BCUT2D eigenvalue weighted by Crippen LogP contribution is 2.38. The van der Waals surface area contributed by atoms with Crippen LogP contribution in [0.25, 0.3) is 0 Å². The summed E-state index contributed by atoms with van der Waals surface area (Å²) in [5, 5.41) is 3.96. The molecule has 1 aliphatic heterocycles. The predicted molar refractivity (Wildman–Crippen MR) is 115 cm³/mol. The first-order valence-corrected chi connectivity index (χ1v) is 8.31. The van der Waals surface area contributed by atoms with Gasteiger partial charge in [0.25, 0.3) is 0 Å². The minimum atomic E-state index is 0. The smallest absolute Gasteiger partial charge is 0.193 e. The Morgan fingerprint density at radius 3 is 2.69 bits per heavy atom. The predicted octanol–water partition coefficient (Wildman–Crippen LogP) is 4.32. The van der Waals surface area contributed by atoms with Crippen molar-refractivity contribution in [1.82, 2.24) is 0 Å². The molecule has 0 radical (unpaired) electrons. The van der Waals surface area contributed by atoms with Crippen molar-refractivity contribution in [2.45, 2.75) is 6.54 Å². The highest BCUT2D eigenvalue weighted by molar-refractivity contribution is 14.0. The van der Waals surface area contributed by atoms with Crippen LogP contribution in [0.2, 0.25) is 10.0 Å². The summed E-state index contributed by atoms with van der Waals surface area (Å²) >= 11 is 12.3. The summed E-state index contributed by atoms with van der Waals surface area (Å²) in [6.45, 7) is 1.34. The number of hydrogen-bond donors (Lipinski definition) is 2. The maximum atomic E-state index is 6.21. The van der Waals surface area contributed by atoms with Gasteiger partial charge in [-0.3, -0.25) is 0 Å². The summed E-state index contributed by atoms with van der Waals surface area (Å²) in [6.07, 6.45) is 0. The number of halogens is 3. The van der Waals surface area contributed by atoms with Crippen LogP contribution in [0.5, 0.6) is 17.2 Å². The molecule has 1 aliphatic rings. The van der Waals surface area contributed by atoms with E-state index in [1.54, 1.807) is 31.4 Å². The van der Waals surface area contributed by atoms with Crippen LogP contribution in [0.4, 0.5) is 5.69 Å². The van der Waals surface area contributed by atoms with E-state index < -0.39 is 0 Å². The van der Waals surface area contributed by atoms with Crippen molar-refractivity contribution in [2.75, 3.05) is 25.6 Å². The van der Waals surface area contributed by atoms with Crippen LogP contribution in [0.1, 0.15) is 5.56 Å². The number of nitrogens with zero attached hydrogens (tertiary/aromatic N) is 1. The van der Waals surface area contributed by atoms with Gasteiger partial charge in [-0.2, -0.15) is 0 Å². The van der Waals surface area contributed by atoms with E-state index in [2.05, 4.69) is 10.3 Å². The molecule has 9 heteroatoms. The fraction of sp³-hybridized carbons (Fsp3) is 0.235. The topological polar surface area (TPSA) is 78.1 Å². The van der Waals surface area contributed by atoms with E-state index in [0.717, 1.165) is 5.56 Å². The molecule has 0 spiro atoms. The lowest BCUT2D eigenvalue weighted by atomic mass is 10.2. The number of aliphatic imine (C=N–C) groups is 1. The molecule has 0 unspecified atom stereocenters. The zero-order valence-electron chi connectivity index (χ0n) is 13.9.